The van der Waals surface area contributed by atoms with Gasteiger partial charge in [-0.3, -0.25) is 14.3 Å². The van der Waals surface area contributed by atoms with Gasteiger partial charge in [0.15, 0.2) is 11.3 Å². The fourth-order valence-electron chi connectivity index (χ4n) is 2.88. The summed E-state index contributed by atoms with van der Waals surface area (Å²) in [5.74, 6) is -1.28. The van der Waals surface area contributed by atoms with E-state index < -0.39 is 18.2 Å². The van der Waals surface area contributed by atoms with Crippen molar-refractivity contribution >= 4 is 23.1 Å². The molecule has 2 amide bonds. The van der Waals surface area contributed by atoms with Gasteiger partial charge in [-0.05, 0) is 18.9 Å². The number of primary amides is 1. The third kappa shape index (κ3) is 3.00. The van der Waals surface area contributed by atoms with Crippen LogP contribution >= 0.6 is 0 Å². The van der Waals surface area contributed by atoms with Gasteiger partial charge in [0, 0.05) is 24.7 Å². The number of carbonyl (C=O) groups excluding carboxylic acids is 2. The van der Waals surface area contributed by atoms with Crippen molar-refractivity contribution in [2.24, 2.45) is 12.8 Å². The SMILES string of the molecule is Cn1ncc(NC(=O)c2cc3nc(C4CC4)cc(C(F)F)n3n2)c1C(N)=O. The van der Waals surface area contributed by atoms with Crippen molar-refractivity contribution in [3.05, 3.63) is 41.1 Å². The van der Waals surface area contributed by atoms with Crippen molar-refractivity contribution in [2.45, 2.75) is 25.2 Å². The van der Waals surface area contributed by atoms with E-state index in [1.54, 1.807) is 0 Å². The van der Waals surface area contributed by atoms with Gasteiger partial charge in [-0.15, -0.1) is 0 Å². The third-order valence-corrected chi connectivity index (χ3v) is 4.35. The molecule has 0 aliphatic heterocycles. The number of rotatable bonds is 5. The Hall–Kier alpha value is -3.37. The van der Waals surface area contributed by atoms with Crippen LogP contribution in [0.25, 0.3) is 5.65 Å². The zero-order chi connectivity index (χ0) is 19.3. The molecule has 0 spiro atoms. The first-order chi connectivity index (χ1) is 12.8. The van der Waals surface area contributed by atoms with Crippen LogP contribution in [-0.2, 0) is 7.05 Å². The number of aromatic nitrogens is 5. The number of fused-ring (bicyclic) bond motifs is 1. The summed E-state index contributed by atoms with van der Waals surface area (Å²) in [6.07, 6.45) is 0.319. The number of hydrogen-bond donors (Lipinski definition) is 2. The number of nitrogens with two attached hydrogens (primary N) is 1. The molecular formula is C16H15F2N7O2. The predicted octanol–water partition coefficient (Wildman–Crippen LogP) is 1.63. The largest absolute Gasteiger partial charge is 0.364 e. The van der Waals surface area contributed by atoms with E-state index in [-0.39, 0.29) is 34.3 Å². The number of hydrogen-bond acceptors (Lipinski definition) is 5. The van der Waals surface area contributed by atoms with Crippen LogP contribution in [0, 0.1) is 0 Å². The maximum Gasteiger partial charge on any atom is 0.280 e. The zero-order valence-electron chi connectivity index (χ0n) is 14.2. The molecule has 0 atom stereocenters. The molecule has 140 valence electrons. The lowest BCUT2D eigenvalue weighted by molar-refractivity contribution is 0.0992. The van der Waals surface area contributed by atoms with Crippen molar-refractivity contribution in [3.63, 3.8) is 0 Å². The van der Waals surface area contributed by atoms with Gasteiger partial charge in [0.25, 0.3) is 18.2 Å². The van der Waals surface area contributed by atoms with Gasteiger partial charge in [0.2, 0.25) is 0 Å². The smallest absolute Gasteiger partial charge is 0.280 e. The van der Waals surface area contributed by atoms with E-state index in [0.29, 0.717) is 5.69 Å². The van der Waals surface area contributed by atoms with Crippen LogP contribution < -0.4 is 11.1 Å². The lowest BCUT2D eigenvalue weighted by atomic mass is 10.2. The molecule has 11 heteroatoms. The lowest BCUT2D eigenvalue weighted by Gasteiger charge is -2.06. The number of anilines is 1. The molecule has 0 aromatic carbocycles. The first kappa shape index (κ1) is 17.1. The fraction of sp³-hybridized carbons (Fsp3) is 0.312. The maximum atomic E-state index is 13.4. The van der Waals surface area contributed by atoms with Gasteiger partial charge in [0.1, 0.15) is 11.4 Å². The third-order valence-electron chi connectivity index (χ3n) is 4.35. The molecule has 3 aromatic heterocycles. The zero-order valence-corrected chi connectivity index (χ0v) is 14.2. The Morgan fingerprint density at radius 1 is 1.33 bits per heavy atom. The molecule has 27 heavy (non-hydrogen) atoms. The van der Waals surface area contributed by atoms with E-state index in [9.17, 15) is 18.4 Å². The van der Waals surface area contributed by atoms with Crippen molar-refractivity contribution in [1.82, 2.24) is 24.4 Å². The Bertz CT molecular complexity index is 1070. The summed E-state index contributed by atoms with van der Waals surface area (Å²) < 4.78 is 29.0. The molecule has 3 aromatic rings. The molecule has 0 radical (unpaired) electrons. The van der Waals surface area contributed by atoms with Gasteiger partial charge >= 0.3 is 0 Å². The summed E-state index contributed by atoms with van der Waals surface area (Å²) >= 11 is 0. The standard InChI is InChI=1S/C16H15F2N7O2/c1-24-13(15(19)26)10(6-20-24)22-16(27)9-5-12-21-8(7-2-3-7)4-11(14(17)18)25(12)23-9/h4-7,14H,2-3H2,1H3,(H2,19,26)(H,22,27). The minimum Gasteiger partial charge on any atom is -0.364 e. The second kappa shape index (κ2) is 6.11. The van der Waals surface area contributed by atoms with Crippen molar-refractivity contribution in [1.29, 1.82) is 0 Å². The van der Waals surface area contributed by atoms with Crippen LogP contribution in [0.15, 0.2) is 18.3 Å². The minimum absolute atomic E-state index is 0.00882. The average molecular weight is 375 g/mol. The van der Waals surface area contributed by atoms with Crippen molar-refractivity contribution < 1.29 is 18.4 Å². The van der Waals surface area contributed by atoms with Crippen molar-refractivity contribution in [3.8, 4) is 0 Å². The summed E-state index contributed by atoms with van der Waals surface area (Å²) in [5.41, 5.74) is 5.70. The molecule has 0 saturated heterocycles. The highest BCUT2D eigenvalue weighted by atomic mass is 19.3. The molecule has 9 nitrogen and oxygen atoms in total. The van der Waals surface area contributed by atoms with Crippen LogP contribution in [0.3, 0.4) is 0 Å². The highest BCUT2D eigenvalue weighted by Gasteiger charge is 2.28. The number of amides is 2. The quantitative estimate of drug-likeness (QED) is 0.702. The van der Waals surface area contributed by atoms with E-state index >= 15 is 0 Å². The van der Waals surface area contributed by atoms with Gasteiger partial charge < -0.3 is 11.1 Å². The van der Waals surface area contributed by atoms with Gasteiger partial charge in [0.05, 0.1) is 11.9 Å². The van der Waals surface area contributed by atoms with Crippen LogP contribution in [-0.4, -0.2) is 36.2 Å². The normalized spacial score (nSPS) is 14.1. The average Bonchev–Trinajstić information content (AvgIpc) is 3.26. The van der Waals surface area contributed by atoms with Crippen LogP contribution in [0.5, 0.6) is 0 Å². The van der Waals surface area contributed by atoms with Crippen LogP contribution in [0.1, 0.15) is 57.5 Å². The van der Waals surface area contributed by atoms with E-state index in [1.165, 1.54) is 30.1 Å². The second-order valence-electron chi connectivity index (χ2n) is 6.33. The Kier molecular flexibility index (Phi) is 3.86. The molecule has 1 fully saturated rings. The predicted molar refractivity (Wildman–Crippen MR) is 89.6 cm³/mol. The molecule has 0 unspecified atom stereocenters. The fourth-order valence-corrected chi connectivity index (χ4v) is 2.88. The molecule has 4 rings (SSSR count). The van der Waals surface area contributed by atoms with Crippen molar-refractivity contribution in [2.75, 3.05) is 5.32 Å². The highest BCUT2D eigenvalue weighted by molar-refractivity contribution is 6.07. The molecule has 1 saturated carbocycles. The first-order valence-electron chi connectivity index (χ1n) is 8.17. The Balaban J connectivity index is 1.70. The molecule has 1 aliphatic rings. The molecule has 0 bridgehead atoms. The van der Waals surface area contributed by atoms with E-state index in [1.807, 2.05) is 0 Å². The highest BCUT2D eigenvalue weighted by Crippen LogP contribution is 2.40. The number of halogens is 2. The Labute approximate surface area is 151 Å². The number of nitrogens with zero attached hydrogens (tertiary/aromatic N) is 5. The molecule has 3 N–H and O–H groups in total. The minimum atomic E-state index is -2.76. The summed E-state index contributed by atoms with van der Waals surface area (Å²) in [4.78, 5) is 28.3. The van der Waals surface area contributed by atoms with Gasteiger partial charge in [-0.2, -0.15) is 10.2 Å². The molecule has 3 heterocycles. The van der Waals surface area contributed by atoms with Gasteiger partial charge in [-0.1, -0.05) is 0 Å². The van der Waals surface area contributed by atoms with E-state index in [2.05, 4.69) is 20.5 Å². The van der Waals surface area contributed by atoms with Gasteiger partial charge in [-0.25, -0.2) is 18.3 Å². The summed E-state index contributed by atoms with van der Waals surface area (Å²) in [7, 11) is 1.50. The Morgan fingerprint density at radius 3 is 2.70 bits per heavy atom. The van der Waals surface area contributed by atoms with E-state index in [0.717, 1.165) is 17.4 Å². The Morgan fingerprint density at radius 2 is 2.07 bits per heavy atom. The van der Waals surface area contributed by atoms with Crippen LogP contribution in [0.4, 0.5) is 14.5 Å². The first-order valence-corrected chi connectivity index (χ1v) is 8.17. The lowest BCUT2D eigenvalue weighted by Crippen LogP contribution is -2.20. The number of nitrogens with one attached hydrogen (secondary N) is 1. The summed E-state index contributed by atoms with van der Waals surface area (Å²) in [5, 5.41) is 10.3. The second-order valence-corrected chi connectivity index (χ2v) is 6.33. The summed E-state index contributed by atoms with van der Waals surface area (Å²) in [6, 6.07) is 2.66. The maximum absolute atomic E-state index is 13.4. The number of aryl methyl sites for hydroxylation is 1. The molecular weight excluding hydrogens is 360 g/mol. The summed E-state index contributed by atoms with van der Waals surface area (Å²) in [6.45, 7) is 0. The van der Waals surface area contributed by atoms with E-state index in [4.69, 9.17) is 5.73 Å². The van der Waals surface area contributed by atoms with Crippen LogP contribution in [0.2, 0.25) is 0 Å². The molecule has 1 aliphatic carbocycles. The monoisotopic (exact) mass is 375 g/mol. The number of alkyl halides is 2. The number of carbonyl (C=O) groups is 2. The topological polar surface area (TPSA) is 120 Å².